The van der Waals surface area contributed by atoms with Crippen LogP contribution in [0.2, 0.25) is 0 Å². The average Bonchev–Trinajstić information content (AvgIpc) is 2.05. The maximum Gasteiger partial charge on any atom is 0.372 e. The standard InChI is InChI=1S/C6H5NO4S/c8-6(11-12(9)10)5-3-1-2-4-7-5/h1-4,12H. The summed E-state index contributed by atoms with van der Waals surface area (Å²) in [5, 5.41) is 0. The highest BCUT2D eigenvalue weighted by Gasteiger charge is 2.07. The Morgan fingerprint density at radius 1 is 1.42 bits per heavy atom. The molecule has 0 radical (unpaired) electrons. The second-order valence-corrected chi connectivity index (χ2v) is 2.45. The fourth-order valence-corrected chi connectivity index (χ4v) is 0.827. The molecule has 0 aliphatic carbocycles. The zero-order valence-corrected chi connectivity index (χ0v) is 6.73. The van der Waals surface area contributed by atoms with Crippen LogP contribution in [0.15, 0.2) is 24.4 Å². The summed E-state index contributed by atoms with van der Waals surface area (Å²) in [5.74, 6) is -0.966. The van der Waals surface area contributed by atoms with Gasteiger partial charge in [-0.3, -0.25) is 0 Å². The molecule has 6 heteroatoms. The van der Waals surface area contributed by atoms with Gasteiger partial charge in [0.1, 0.15) is 5.69 Å². The van der Waals surface area contributed by atoms with Crippen molar-refractivity contribution in [3.8, 4) is 0 Å². The van der Waals surface area contributed by atoms with Crippen LogP contribution in [-0.4, -0.2) is 19.4 Å². The maximum absolute atomic E-state index is 10.8. The molecule has 0 atom stereocenters. The van der Waals surface area contributed by atoms with E-state index < -0.39 is 17.0 Å². The van der Waals surface area contributed by atoms with E-state index in [4.69, 9.17) is 0 Å². The molecule has 1 aromatic heterocycles. The van der Waals surface area contributed by atoms with E-state index in [9.17, 15) is 13.2 Å². The van der Waals surface area contributed by atoms with E-state index in [-0.39, 0.29) is 5.69 Å². The van der Waals surface area contributed by atoms with Gasteiger partial charge in [-0.05, 0) is 12.1 Å². The largest absolute Gasteiger partial charge is 0.372 e. The first kappa shape index (κ1) is 8.66. The van der Waals surface area contributed by atoms with Gasteiger partial charge < -0.3 is 4.18 Å². The summed E-state index contributed by atoms with van der Waals surface area (Å²) >= 11 is 0. The molecule has 64 valence electrons. The molecule has 0 bridgehead atoms. The van der Waals surface area contributed by atoms with E-state index in [1.165, 1.54) is 12.3 Å². The summed E-state index contributed by atoms with van der Waals surface area (Å²) in [6, 6.07) is 4.52. The molecule has 0 fully saturated rings. The molecule has 0 aliphatic heterocycles. The minimum atomic E-state index is -3.15. The van der Waals surface area contributed by atoms with Gasteiger partial charge >= 0.3 is 17.0 Å². The number of hydrogen-bond donors (Lipinski definition) is 1. The SMILES string of the molecule is O=C(O[SH](=O)=O)c1ccccn1. The predicted molar refractivity (Wildman–Crippen MR) is 40.0 cm³/mol. The van der Waals surface area contributed by atoms with Crippen LogP contribution < -0.4 is 0 Å². The Hall–Kier alpha value is -1.43. The summed E-state index contributed by atoms with van der Waals surface area (Å²) < 4.78 is 23.8. The van der Waals surface area contributed by atoms with E-state index >= 15 is 0 Å². The van der Waals surface area contributed by atoms with Gasteiger partial charge in [0.25, 0.3) is 0 Å². The zero-order valence-electron chi connectivity index (χ0n) is 5.84. The van der Waals surface area contributed by atoms with Crippen molar-refractivity contribution in [1.82, 2.24) is 4.98 Å². The topological polar surface area (TPSA) is 73.3 Å². The highest BCUT2D eigenvalue weighted by atomic mass is 32.2. The molecule has 1 aromatic rings. The van der Waals surface area contributed by atoms with E-state index in [1.807, 2.05) is 0 Å². The first-order valence-corrected chi connectivity index (χ1v) is 4.07. The van der Waals surface area contributed by atoms with Crippen LogP contribution in [0, 0.1) is 0 Å². The van der Waals surface area contributed by atoms with Crippen LogP contribution in [0.1, 0.15) is 10.5 Å². The summed E-state index contributed by atoms with van der Waals surface area (Å²) in [5.41, 5.74) is -0.0308. The summed E-state index contributed by atoms with van der Waals surface area (Å²) in [6.07, 6.45) is 1.37. The third-order valence-corrected chi connectivity index (χ3v) is 1.35. The van der Waals surface area contributed by atoms with Crippen LogP contribution in [0.4, 0.5) is 0 Å². The molecule has 0 aromatic carbocycles. The number of aromatic nitrogens is 1. The van der Waals surface area contributed by atoms with Crippen molar-refractivity contribution in [3.05, 3.63) is 30.1 Å². The third-order valence-electron chi connectivity index (χ3n) is 1.03. The number of carbonyl (C=O) groups excluding carboxylic acids is 1. The van der Waals surface area contributed by atoms with Gasteiger partial charge in [0, 0.05) is 6.20 Å². The third kappa shape index (κ3) is 2.31. The predicted octanol–water partition coefficient (Wildman–Crippen LogP) is -0.235. The summed E-state index contributed by atoms with van der Waals surface area (Å²) in [4.78, 5) is 14.4. The van der Waals surface area contributed by atoms with E-state index in [1.54, 1.807) is 12.1 Å². The second-order valence-electron chi connectivity index (χ2n) is 1.82. The molecule has 1 heterocycles. The van der Waals surface area contributed by atoms with Crippen LogP contribution in [-0.2, 0) is 15.2 Å². The van der Waals surface area contributed by atoms with Gasteiger partial charge in [0.05, 0.1) is 0 Å². The maximum atomic E-state index is 10.8. The smallest absolute Gasteiger partial charge is 0.342 e. The summed E-state index contributed by atoms with van der Waals surface area (Å²) in [7, 11) is -3.15. The van der Waals surface area contributed by atoms with Gasteiger partial charge in [-0.1, -0.05) is 6.07 Å². The molecular formula is C6H5NO4S. The molecule has 1 rings (SSSR count). The van der Waals surface area contributed by atoms with Crippen molar-refractivity contribution in [1.29, 1.82) is 0 Å². The Balaban J connectivity index is 2.79. The molecule has 0 N–H and O–H groups in total. The van der Waals surface area contributed by atoms with E-state index in [0.717, 1.165) is 0 Å². The lowest BCUT2D eigenvalue weighted by Gasteiger charge is -1.93. The van der Waals surface area contributed by atoms with Crippen molar-refractivity contribution in [2.75, 3.05) is 0 Å². The lowest BCUT2D eigenvalue weighted by atomic mass is 10.4. The normalized spacial score (nSPS) is 9.75. The highest BCUT2D eigenvalue weighted by molar-refractivity contribution is 7.67. The molecule has 0 aliphatic rings. The van der Waals surface area contributed by atoms with Crippen LogP contribution >= 0.6 is 0 Å². The molecule has 5 nitrogen and oxygen atoms in total. The van der Waals surface area contributed by atoms with E-state index in [2.05, 4.69) is 9.17 Å². The quantitative estimate of drug-likeness (QED) is 0.647. The van der Waals surface area contributed by atoms with E-state index in [0.29, 0.717) is 0 Å². The Kier molecular flexibility index (Phi) is 2.76. The minimum absolute atomic E-state index is 0.0308. The van der Waals surface area contributed by atoms with Gasteiger partial charge in [-0.15, -0.1) is 0 Å². The second kappa shape index (κ2) is 3.82. The van der Waals surface area contributed by atoms with Crippen molar-refractivity contribution in [3.63, 3.8) is 0 Å². The molecule has 0 saturated heterocycles. The number of thiol groups is 1. The van der Waals surface area contributed by atoms with Gasteiger partial charge in [0.15, 0.2) is 0 Å². The first-order chi connectivity index (χ1) is 5.70. The highest BCUT2D eigenvalue weighted by Crippen LogP contribution is 1.95. The first-order valence-electron chi connectivity index (χ1n) is 2.98. The van der Waals surface area contributed by atoms with Crippen molar-refractivity contribution < 1.29 is 17.4 Å². The monoisotopic (exact) mass is 187 g/mol. The molecule has 0 saturated carbocycles. The Bertz CT molecular complexity index is 338. The minimum Gasteiger partial charge on any atom is -0.342 e. The Morgan fingerprint density at radius 3 is 2.67 bits per heavy atom. The number of nitrogens with zero attached hydrogens (tertiary/aromatic N) is 1. The number of hydrogen-bond acceptors (Lipinski definition) is 5. The average molecular weight is 187 g/mol. The molecule has 0 unspecified atom stereocenters. The van der Waals surface area contributed by atoms with Crippen molar-refractivity contribution in [2.24, 2.45) is 0 Å². The van der Waals surface area contributed by atoms with Crippen molar-refractivity contribution >= 4 is 17.0 Å². The number of rotatable bonds is 2. The van der Waals surface area contributed by atoms with Gasteiger partial charge in [0.2, 0.25) is 0 Å². The zero-order chi connectivity index (χ0) is 8.97. The van der Waals surface area contributed by atoms with Gasteiger partial charge in [-0.25, -0.2) is 9.78 Å². The van der Waals surface area contributed by atoms with Crippen molar-refractivity contribution in [2.45, 2.75) is 0 Å². The lowest BCUT2D eigenvalue weighted by Crippen LogP contribution is -2.05. The fourth-order valence-electron chi connectivity index (χ4n) is 0.598. The van der Waals surface area contributed by atoms with Crippen LogP contribution in [0.5, 0.6) is 0 Å². The number of pyridine rings is 1. The van der Waals surface area contributed by atoms with Crippen LogP contribution in [0.25, 0.3) is 0 Å². The molecule has 0 amide bonds. The summed E-state index contributed by atoms with van der Waals surface area (Å²) in [6.45, 7) is 0. The fraction of sp³-hybridized carbons (Fsp3) is 0. The molecule has 12 heavy (non-hydrogen) atoms. The lowest BCUT2D eigenvalue weighted by molar-refractivity contribution is 0.0748. The molecular weight excluding hydrogens is 182 g/mol. The van der Waals surface area contributed by atoms with Gasteiger partial charge in [-0.2, -0.15) is 8.42 Å². The molecule has 0 spiro atoms. The Morgan fingerprint density at radius 2 is 2.17 bits per heavy atom. The number of carbonyl (C=O) groups is 1. The van der Waals surface area contributed by atoms with Crippen LogP contribution in [0.3, 0.4) is 0 Å². The Labute approximate surface area is 70.2 Å².